The number of hydrogen-bond acceptors (Lipinski definition) is 5. The molecule has 0 unspecified atom stereocenters. The Bertz CT molecular complexity index is 1420. The van der Waals surface area contributed by atoms with Crippen molar-refractivity contribution >= 4 is 51.1 Å². The number of carboxylic acid groups (broad SMARTS) is 1. The van der Waals surface area contributed by atoms with E-state index in [1.54, 1.807) is 30.3 Å². The van der Waals surface area contributed by atoms with E-state index in [1.807, 2.05) is 0 Å². The van der Waals surface area contributed by atoms with Crippen LogP contribution in [0.5, 0.6) is 0 Å². The van der Waals surface area contributed by atoms with Gasteiger partial charge in [-0.05, 0) is 59.5 Å². The topological polar surface area (TPSA) is 118 Å². The predicted octanol–water partition coefficient (Wildman–Crippen LogP) is 4.87. The summed E-state index contributed by atoms with van der Waals surface area (Å²) in [5, 5.41) is 21.0. The first-order valence-electron chi connectivity index (χ1n) is 9.78. The van der Waals surface area contributed by atoms with Crippen molar-refractivity contribution in [1.82, 2.24) is 0 Å². The predicted molar refractivity (Wildman–Crippen MR) is 125 cm³/mol. The number of nitro groups is 1. The molecule has 4 rings (SSSR count). The van der Waals surface area contributed by atoms with Crippen LogP contribution in [0.25, 0.3) is 12.2 Å². The smallest absolute Gasteiger partial charge is 0.336 e. The SMILES string of the molecule is O=C(O)c1ccc([N+](=O)[O-])cc1/C=C\c1cccc(S(=O)(=O)N2CCc3cc(Cl)ccc32)c1. The van der Waals surface area contributed by atoms with Gasteiger partial charge in [-0.15, -0.1) is 0 Å². The van der Waals surface area contributed by atoms with Crippen LogP contribution in [0.3, 0.4) is 0 Å². The molecule has 1 aliphatic rings. The summed E-state index contributed by atoms with van der Waals surface area (Å²) in [4.78, 5) is 22.0. The van der Waals surface area contributed by atoms with Gasteiger partial charge in [0, 0.05) is 23.7 Å². The summed E-state index contributed by atoms with van der Waals surface area (Å²) in [6, 6.07) is 14.7. The molecule has 3 aromatic carbocycles. The first-order valence-corrected chi connectivity index (χ1v) is 11.6. The molecule has 0 saturated heterocycles. The van der Waals surface area contributed by atoms with Crippen molar-refractivity contribution < 1.29 is 23.2 Å². The second-order valence-corrected chi connectivity index (χ2v) is 9.64. The number of benzene rings is 3. The standard InChI is InChI=1S/C23H17ClN2O6S/c24-18-6-9-22-17(13-18)10-11-25(22)33(31,32)20-3-1-2-15(12-20)4-5-16-14-19(26(29)30)7-8-21(16)23(27)28/h1-9,12-14H,10-11H2,(H,27,28)/b5-4-. The lowest BCUT2D eigenvalue weighted by atomic mass is 10.0. The molecule has 0 bridgehead atoms. The number of carbonyl (C=O) groups is 1. The Morgan fingerprint density at radius 3 is 2.61 bits per heavy atom. The Kier molecular flexibility index (Phi) is 5.92. The van der Waals surface area contributed by atoms with Crippen LogP contribution >= 0.6 is 11.6 Å². The summed E-state index contributed by atoms with van der Waals surface area (Å²) in [6.07, 6.45) is 3.48. The zero-order valence-electron chi connectivity index (χ0n) is 17.0. The van der Waals surface area contributed by atoms with E-state index in [2.05, 4.69) is 0 Å². The molecule has 0 atom stereocenters. The minimum atomic E-state index is -3.84. The number of aromatic carboxylic acids is 1. The number of nitrogens with zero attached hydrogens (tertiary/aromatic N) is 2. The lowest BCUT2D eigenvalue weighted by Crippen LogP contribution is -2.29. The van der Waals surface area contributed by atoms with Crippen LogP contribution in [0, 0.1) is 10.1 Å². The third-order valence-electron chi connectivity index (χ3n) is 5.27. The number of anilines is 1. The number of sulfonamides is 1. The van der Waals surface area contributed by atoms with Crippen molar-refractivity contribution in [3.63, 3.8) is 0 Å². The number of nitro benzene ring substituents is 1. The van der Waals surface area contributed by atoms with Gasteiger partial charge in [0.15, 0.2) is 0 Å². The van der Waals surface area contributed by atoms with Crippen LogP contribution in [0.15, 0.2) is 65.6 Å². The molecule has 3 aromatic rings. The highest BCUT2D eigenvalue weighted by atomic mass is 35.5. The fraction of sp³-hybridized carbons (Fsp3) is 0.0870. The molecular formula is C23H17ClN2O6S. The minimum absolute atomic E-state index is 0.0740. The van der Waals surface area contributed by atoms with Gasteiger partial charge >= 0.3 is 5.97 Å². The maximum absolute atomic E-state index is 13.3. The Balaban J connectivity index is 1.67. The van der Waals surface area contributed by atoms with Crippen LogP contribution in [0.4, 0.5) is 11.4 Å². The van der Waals surface area contributed by atoms with Crippen LogP contribution < -0.4 is 4.31 Å². The van der Waals surface area contributed by atoms with E-state index < -0.39 is 20.9 Å². The van der Waals surface area contributed by atoms with Gasteiger partial charge in [0.25, 0.3) is 15.7 Å². The Morgan fingerprint density at radius 1 is 1.09 bits per heavy atom. The molecule has 0 saturated carbocycles. The van der Waals surface area contributed by atoms with Gasteiger partial charge in [0.2, 0.25) is 0 Å². The van der Waals surface area contributed by atoms with Crippen molar-refractivity contribution in [2.45, 2.75) is 11.3 Å². The molecule has 1 N–H and O–H groups in total. The average Bonchev–Trinajstić information content (AvgIpc) is 3.21. The highest BCUT2D eigenvalue weighted by Gasteiger charge is 2.31. The van der Waals surface area contributed by atoms with E-state index in [9.17, 15) is 28.4 Å². The lowest BCUT2D eigenvalue weighted by molar-refractivity contribution is -0.384. The normalized spacial score (nSPS) is 13.3. The Morgan fingerprint density at radius 2 is 1.88 bits per heavy atom. The fourth-order valence-corrected chi connectivity index (χ4v) is 5.43. The van der Waals surface area contributed by atoms with Gasteiger partial charge < -0.3 is 5.11 Å². The maximum atomic E-state index is 13.3. The minimum Gasteiger partial charge on any atom is -0.478 e. The second-order valence-electron chi connectivity index (χ2n) is 7.34. The van der Waals surface area contributed by atoms with Crippen LogP contribution in [0.2, 0.25) is 5.02 Å². The highest BCUT2D eigenvalue weighted by Crippen LogP contribution is 2.34. The number of rotatable bonds is 6. The third-order valence-corrected chi connectivity index (χ3v) is 7.32. The molecule has 8 nitrogen and oxygen atoms in total. The van der Waals surface area contributed by atoms with Crippen molar-refractivity contribution in [2.75, 3.05) is 10.8 Å². The van der Waals surface area contributed by atoms with Crippen molar-refractivity contribution in [1.29, 1.82) is 0 Å². The lowest BCUT2D eigenvalue weighted by Gasteiger charge is -2.20. The number of carboxylic acids is 1. The van der Waals surface area contributed by atoms with Crippen molar-refractivity contribution in [2.24, 2.45) is 0 Å². The summed E-state index contributed by atoms with van der Waals surface area (Å²) in [5.41, 5.74) is 1.72. The summed E-state index contributed by atoms with van der Waals surface area (Å²) in [6.45, 7) is 0.299. The van der Waals surface area contributed by atoms with Gasteiger partial charge in [-0.25, -0.2) is 13.2 Å². The number of hydrogen-bond donors (Lipinski definition) is 1. The molecule has 0 spiro atoms. The van der Waals surface area contributed by atoms with Gasteiger partial charge in [0.05, 0.1) is 21.1 Å². The van der Waals surface area contributed by atoms with E-state index in [-0.39, 0.29) is 21.7 Å². The first-order chi connectivity index (χ1) is 15.7. The van der Waals surface area contributed by atoms with E-state index in [0.717, 1.165) is 23.8 Å². The second kappa shape index (κ2) is 8.68. The third kappa shape index (κ3) is 4.46. The fourth-order valence-electron chi connectivity index (χ4n) is 3.68. The summed E-state index contributed by atoms with van der Waals surface area (Å²) in [5.74, 6) is -1.23. The molecule has 0 fully saturated rings. The van der Waals surface area contributed by atoms with E-state index in [4.69, 9.17) is 11.6 Å². The van der Waals surface area contributed by atoms with E-state index in [0.29, 0.717) is 29.2 Å². The molecule has 0 radical (unpaired) electrons. The zero-order chi connectivity index (χ0) is 23.8. The van der Waals surface area contributed by atoms with Gasteiger partial charge in [-0.1, -0.05) is 35.9 Å². The summed E-state index contributed by atoms with van der Waals surface area (Å²) in [7, 11) is -3.84. The molecule has 0 aliphatic carbocycles. The van der Waals surface area contributed by atoms with E-state index >= 15 is 0 Å². The summed E-state index contributed by atoms with van der Waals surface area (Å²) < 4.78 is 27.9. The summed E-state index contributed by atoms with van der Waals surface area (Å²) >= 11 is 6.02. The Labute approximate surface area is 194 Å². The molecule has 0 aromatic heterocycles. The average molecular weight is 485 g/mol. The highest BCUT2D eigenvalue weighted by molar-refractivity contribution is 7.92. The van der Waals surface area contributed by atoms with Crippen LogP contribution in [-0.2, 0) is 16.4 Å². The molecule has 1 heterocycles. The van der Waals surface area contributed by atoms with Gasteiger partial charge in [-0.3, -0.25) is 14.4 Å². The van der Waals surface area contributed by atoms with Crippen LogP contribution in [-0.4, -0.2) is 31.0 Å². The van der Waals surface area contributed by atoms with E-state index in [1.165, 1.54) is 28.6 Å². The monoisotopic (exact) mass is 484 g/mol. The van der Waals surface area contributed by atoms with Gasteiger partial charge in [-0.2, -0.15) is 0 Å². The van der Waals surface area contributed by atoms with Gasteiger partial charge in [0.1, 0.15) is 0 Å². The number of halogens is 1. The molecule has 33 heavy (non-hydrogen) atoms. The first kappa shape index (κ1) is 22.5. The Hall–Kier alpha value is -3.69. The number of fused-ring (bicyclic) bond motifs is 1. The van der Waals surface area contributed by atoms with Crippen LogP contribution in [0.1, 0.15) is 27.0 Å². The molecular weight excluding hydrogens is 468 g/mol. The molecule has 168 valence electrons. The number of non-ortho nitro benzene ring substituents is 1. The quantitative estimate of drug-likeness (QED) is 0.303. The molecule has 0 amide bonds. The van der Waals surface area contributed by atoms with Crippen molar-refractivity contribution in [3.05, 3.63) is 98.1 Å². The van der Waals surface area contributed by atoms with Crippen molar-refractivity contribution in [3.8, 4) is 0 Å². The largest absolute Gasteiger partial charge is 0.478 e. The molecule has 10 heteroatoms. The molecule has 1 aliphatic heterocycles. The zero-order valence-corrected chi connectivity index (χ0v) is 18.6. The maximum Gasteiger partial charge on any atom is 0.336 e.